The van der Waals surface area contributed by atoms with Crippen LogP contribution in [0.5, 0.6) is 0 Å². The van der Waals surface area contributed by atoms with Gasteiger partial charge < -0.3 is 15.2 Å². The molecule has 116 valence electrons. The molecule has 3 unspecified atom stereocenters. The lowest BCUT2D eigenvalue weighted by atomic mass is 9.92. The van der Waals surface area contributed by atoms with Crippen LogP contribution in [0.1, 0.15) is 46.0 Å². The number of hydrogen-bond donors (Lipinski definition) is 1. The van der Waals surface area contributed by atoms with Crippen LogP contribution in [-0.2, 0) is 14.3 Å². The number of esters is 1. The molecule has 2 aliphatic rings. The van der Waals surface area contributed by atoms with Crippen LogP contribution >= 0.6 is 0 Å². The number of ether oxygens (including phenoxy) is 2. The zero-order chi connectivity index (χ0) is 14.8. The number of hydrogen-bond acceptors (Lipinski definition) is 5. The third-order valence-corrected chi connectivity index (χ3v) is 4.90. The molecule has 5 nitrogen and oxygen atoms in total. The van der Waals surface area contributed by atoms with E-state index in [-0.39, 0.29) is 11.6 Å². The van der Waals surface area contributed by atoms with Crippen molar-refractivity contribution in [2.45, 2.75) is 63.1 Å². The first-order valence-electron chi connectivity index (χ1n) is 7.68. The predicted octanol–water partition coefficient (Wildman–Crippen LogP) is 1.30. The maximum atomic E-state index is 12.0. The topological polar surface area (TPSA) is 64.8 Å². The second kappa shape index (κ2) is 6.00. The second-order valence-electron chi connectivity index (χ2n) is 6.50. The monoisotopic (exact) mass is 284 g/mol. The van der Waals surface area contributed by atoms with Crippen molar-refractivity contribution >= 4 is 5.97 Å². The van der Waals surface area contributed by atoms with Gasteiger partial charge in [0.1, 0.15) is 5.54 Å². The van der Waals surface area contributed by atoms with E-state index in [0.717, 1.165) is 38.8 Å². The van der Waals surface area contributed by atoms with E-state index in [1.54, 1.807) is 7.11 Å². The van der Waals surface area contributed by atoms with Crippen LogP contribution in [0.15, 0.2) is 0 Å². The molecule has 0 bridgehead atoms. The third kappa shape index (κ3) is 3.15. The fourth-order valence-electron chi connectivity index (χ4n) is 3.54. The van der Waals surface area contributed by atoms with Crippen molar-refractivity contribution in [3.8, 4) is 0 Å². The van der Waals surface area contributed by atoms with Crippen molar-refractivity contribution in [1.82, 2.24) is 4.90 Å². The first kappa shape index (κ1) is 15.7. The molecule has 3 atom stereocenters. The lowest BCUT2D eigenvalue weighted by Gasteiger charge is -2.42. The number of piperidine rings is 1. The predicted molar refractivity (Wildman–Crippen MR) is 77.4 cm³/mol. The normalized spacial score (nSPS) is 38.9. The summed E-state index contributed by atoms with van der Waals surface area (Å²) >= 11 is 0. The van der Waals surface area contributed by atoms with E-state index in [2.05, 4.69) is 11.8 Å². The van der Waals surface area contributed by atoms with Gasteiger partial charge in [-0.25, -0.2) is 0 Å². The number of likely N-dealkylation sites (tertiary alicyclic amines) is 1. The Bertz CT molecular complexity index is 363. The summed E-state index contributed by atoms with van der Waals surface area (Å²) in [5.41, 5.74) is 5.40. The molecule has 1 heterocycles. The van der Waals surface area contributed by atoms with Gasteiger partial charge in [-0.1, -0.05) is 0 Å². The molecule has 0 radical (unpaired) electrons. The summed E-state index contributed by atoms with van der Waals surface area (Å²) in [6, 6.07) is 0.374. The van der Waals surface area contributed by atoms with Gasteiger partial charge in [0, 0.05) is 19.7 Å². The number of carbonyl (C=O) groups is 1. The molecule has 2 N–H and O–H groups in total. The van der Waals surface area contributed by atoms with Crippen molar-refractivity contribution in [1.29, 1.82) is 0 Å². The Kier molecular flexibility index (Phi) is 4.72. The highest BCUT2D eigenvalue weighted by Crippen LogP contribution is 2.35. The minimum absolute atomic E-state index is 0.0674. The molecule has 1 aliphatic heterocycles. The van der Waals surface area contributed by atoms with Crippen molar-refractivity contribution in [3.63, 3.8) is 0 Å². The average molecular weight is 284 g/mol. The van der Waals surface area contributed by atoms with Crippen LogP contribution in [0.4, 0.5) is 0 Å². The summed E-state index contributed by atoms with van der Waals surface area (Å²) in [5, 5.41) is 0. The molecule has 1 saturated carbocycles. The first-order valence-corrected chi connectivity index (χ1v) is 7.68. The minimum Gasteiger partial charge on any atom is -0.465 e. The molecule has 2 fully saturated rings. The van der Waals surface area contributed by atoms with Gasteiger partial charge in [-0.15, -0.1) is 0 Å². The van der Waals surface area contributed by atoms with Crippen LogP contribution in [0.25, 0.3) is 0 Å². The van der Waals surface area contributed by atoms with Gasteiger partial charge in [-0.05, 0) is 52.5 Å². The van der Waals surface area contributed by atoms with Crippen LogP contribution in [0, 0.1) is 0 Å². The standard InChI is InChI=1S/C15H28N2O3/c1-4-20-13(18)15(16)8-6-12(10-15)17-9-5-7-14(2,11-17)19-3/h12H,4-11,16H2,1-3H3. The molecule has 1 aliphatic carbocycles. The Morgan fingerprint density at radius 2 is 2.20 bits per heavy atom. The number of nitrogens with two attached hydrogens (primary N) is 1. The largest absolute Gasteiger partial charge is 0.465 e. The van der Waals surface area contributed by atoms with Crippen LogP contribution in [0.2, 0.25) is 0 Å². The number of methoxy groups -OCH3 is 1. The lowest BCUT2D eigenvalue weighted by molar-refractivity contribution is -0.149. The van der Waals surface area contributed by atoms with E-state index in [1.165, 1.54) is 0 Å². The summed E-state index contributed by atoms with van der Waals surface area (Å²) in [6.45, 7) is 6.38. The Morgan fingerprint density at radius 1 is 1.45 bits per heavy atom. The van der Waals surface area contributed by atoms with Crippen LogP contribution in [0.3, 0.4) is 0 Å². The van der Waals surface area contributed by atoms with Gasteiger partial charge in [-0.2, -0.15) is 0 Å². The highest BCUT2D eigenvalue weighted by Gasteiger charge is 2.46. The molecule has 1 saturated heterocycles. The fraction of sp³-hybridized carbons (Fsp3) is 0.933. The van der Waals surface area contributed by atoms with Crippen molar-refractivity contribution in [2.24, 2.45) is 5.73 Å². The van der Waals surface area contributed by atoms with Crippen molar-refractivity contribution in [3.05, 3.63) is 0 Å². The van der Waals surface area contributed by atoms with Gasteiger partial charge in [0.05, 0.1) is 12.2 Å². The van der Waals surface area contributed by atoms with Gasteiger partial charge in [0.15, 0.2) is 0 Å². The van der Waals surface area contributed by atoms with Gasteiger partial charge in [0.2, 0.25) is 0 Å². The lowest BCUT2D eigenvalue weighted by Crippen LogP contribution is -2.53. The zero-order valence-electron chi connectivity index (χ0n) is 13.0. The molecule has 5 heteroatoms. The van der Waals surface area contributed by atoms with E-state index >= 15 is 0 Å². The zero-order valence-corrected chi connectivity index (χ0v) is 13.0. The molecule has 0 amide bonds. The molecular weight excluding hydrogens is 256 g/mol. The summed E-state index contributed by atoms with van der Waals surface area (Å²) < 4.78 is 10.8. The maximum Gasteiger partial charge on any atom is 0.326 e. The fourth-order valence-corrected chi connectivity index (χ4v) is 3.54. The first-order chi connectivity index (χ1) is 9.42. The van der Waals surface area contributed by atoms with E-state index < -0.39 is 5.54 Å². The Balaban J connectivity index is 1.97. The molecule has 20 heavy (non-hydrogen) atoms. The summed E-state index contributed by atoms with van der Waals surface area (Å²) in [4.78, 5) is 14.4. The van der Waals surface area contributed by atoms with E-state index in [0.29, 0.717) is 19.1 Å². The van der Waals surface area contributed by atoms with Crippen LogP contribution < -0.4 is 5.73 Å². The number of carbonyl (C=O) groups excluding carboxylic acids is 1. The van der Waals surface area contributed by atoms with Crippen molar-refractivity contribution in [2.75, 3.05) is 26.8 Å². The maximum absolute atomic E-state index is 12.0. The average Bonchev–Trinajstić information content (AvgIpc) is 2.83. The van der Waals surface area contributed by atoms with E-state index in [4.69, 9.17) is 15.2 Å². The number of rotatable bonds is 4. The Hall–Kier alpha value is -0.650. The smallest absolute Gasteiger partial charge is 0.326 e. The highest BCUT2D eigenvalue weighted by atomic mass is 16.5. The van der Waals surface area contributed by atoms with Crippen LogP contribution in [-0.4, -0.2) is 54.9 Å². The minimum atomic E-state index is -0.790. The SMILES string of the molecule is CCOC(=O)C1(N)CCC(N2CCCC(C)(OC)C2)C1. The molecule has 0 spiro atoms. The molecular formula is C15H28N2O3. The Morgan fingerprint density at radius 3 is 2.85 bits per heavy atom. The second-order valence-corrected chi connectivity index (χ2v) is 6.50. The van der Waals surface area contributed by atoms with E-state index in [9.17, 15) is 4.79 Å². The summed E-state index contributed by atoms with van der Waals surface area (Å²) in [6.07, 6.45) is 4.62. The Labute approximate surface area is 121 Å². The highest BCUT2D eigenvalue weighted by molar-refractivity contribution is 5.81. The van der Waals surface area contributed by atoms with Crippen molar-refractivity contribution < 1.29 is 14.3 Å². The van der Waals surface area contributed by atoms with E-state index in [1.807, 2.05) is 6.92 Å². The number of nitrogens with zero attached hydrogens (tertiary/aromatic N) is 1. The molecule has 0 aromatic rings. The third-order valence-electron chi connectivity index (χ3n) is 4.90. The summed E-state index contributed by atoms with van der Waals surface area (Å²) in [5.74, 6) is -0.242. The van der Waals surface area contributed by atoms with Gasteiger partial charge >= 0.3 is 5.97 Å². The quantitative estimate of drug-likeness (QED) is 0.788. The van der Waals surface area contributed by atoms with Gasteiger partial charge in [-0.3, -0.25) is 9.69 Å². The summed E-state index contributed by atoms with van der Waals surface area (Å²) in [7, 11) is 1.78. The van der Waals surface area contributed by atoms with Gasteiger partial charge in [0.25, 0.3) is 0 Å². The molecule has 2 rings (SSSR count). The molecule has 0 aromatic carbocycles. The molecule has 0 aromatic heterocycles.